The minimum atomic E-state index is 0.292. The molecule has 1 saturated carbocycles. The number of halogens is 2. The highest BCUT2D eigenvalue weighted by Gasteiger charge is 2.21. The average molecular weight is 320 g/mol. The first-order chi connectivity index (χ1) is 9.10. The number of rotatable bonds is 5. The van der Waals surface area contributed by atoms with Crippen LogP contribution in [0.15, 0.2) is 6.07 Å². The molecule has 0 radical (unpaired) electrons. The van der Waals surface area contributed by atoms with Crippen LogP contribution in [0.25, 0.3) is 0 Å². The zero-order valence-corrected chi connectivity index (χ0v) is 14.0. The highest BCUT2D eigenvalue weighted by Crippen LogP contribution is 2.35. The smallest absolute Gasteiger partial charge is 0.0991 e. The summed E-state index contributed by atoms with van der Waals surface area (Å²) in [6.07, 6.45) is 6.90. The maximum atomic E-state index is 6.19. The molecule has 0 amide bonds. The van der Waals surface area contributed by atoms with Gasteiger partial charge in [-0.1, -0.05) is 49.4 Å². The van der Waals surface area contributed by atoms with Gasteiger partial charge in [-0.3, -0.25) is 0 Å². The van der Waals surface area contributed by atoms with Crippen molar-refractivity contribution in [1.29, 1.82) is 0 Å². The Morgan fingerprint density at radius 2 is 1.89 bits per heavy atom. The second-order valence-electron chi connectivity index (χ2n) is 5.70. The van der Waals surface area contributed by atoms with E-state index >= 15 is 0 Å². The molecule has 1 aliphatic rings. The van der Waals surface area contributed by atoms with E-state index in [4.69, 9.17) is 23.2 Å². The molecule has 1 unspecified atom stereocenters. The van der Waals surface area contributed by atoms with Gasteiger partial charge in [-0.15, -0.1) is 11.3 Å². The third-order valence-electron chi connectivity index (χ3n) is 4.41. The van der Waals surface area contributed by atoms with Gasteiger partial charge in [0, 0.05) is 6.04 Å². The van der Waals surface area contributed by atoms with E-state index in [-0.39, 0.29) is 0 Å². The van der Waals surface area contributed by atoms with Gasteiger partial charge >= 0.3 is 0 Å². The average Bonchev–Trinajstić information content (AvgIpc) is 2.75. The Hall–Kier alpha value is 0.240. The highest BCUT2D eigenvalue weighted by molar-refractivity contribution is 7.20. The van der Waals surface area contributed by atoms with Gasteiger partial charge in [0.2, 0.25) is 0 Å². The van der Waals surface area contributed by atoms with Crippen LogP contribution in [0.2, 0.25) is 8.67 Å². The summed E-state index contributed by atoms with van der Waals surface area (Å²) in [5, 5.41) is 3.62. The van der Waals surface area contributed by atoms with Crippen LogP contribution in [-0.4, -0.2) is 6.54 Å². The molecule has 0 aromatic carbocycles. The quantitative estimate of drug-likeness (QED) is 0.710. The maximum absolute atomic E-state index is 6.19. The summed E-state index contributed by atoms with van der Waals surface area (Å²) in [7, 11) is 0. The van der Waals surface area contributed by atoms with Crippen LogP contribution in [0.5, 0.6) is 0 Å². The Morgan fingerprint density at radius 3 is 2.42 bits per heavy atom. The van der Waals surface area contributed by atoms with Crippen molar-refractivity contribution in [3.63, 3.8) is 0 Å². The minimum absolute atomic E-state index is 0.292. The van der Waals surface area contributed by atoms with E-state index < -0.39 is 0 Å². The maximum Gasteiger partial charge on any atom is 0.0991 e. The van der Waals surface area contributed by atoms with Crippen molar-refractivity contribution in [3.8, 4) is 0 Å². The van der Waals surface area contributed by atoms with E-state index in [2.05, 4.69) is 19.2 Å². The van der Waals surface area contributed by atoms with E-state index in [1.54, 1.807) is 0 Å². The third-order valence-corrected chi connectivity index (χ3v) is 5.92. The van der Waals surface area contributed by atoms with Gasteiger partial charge in [0.1, 0.15) is 0 Å². The van der Waals surface area contributed by atoms with Crippen LogP contribution in [0.1, 0.15) is 57.6 Å². The molecule has 1 nitrogen and oxygen atoms in total. The van der Waals surface area contributed by atoms with Crippen molar-refractivity contribution in [1.82, 2.24) is 5.32 Å². The van der Waals surface area contributed by atoms with Gasteiger partial charge in [-0.05, 0) is 49.8 Å². The normalized spacial score (nSPS) is 25.5. The molecule has 2 rings (SSSR count). The molecule has 108 valence electrons. The predicted molar refractivity (Wildman–Crippen MR) is 86.5 cm³/mol. The topological polar surface area (TPSA) is 12.0 Å². The molecule has 0 aliphatic heterocycles. The van der Waals surface area contributed by atoms with Crippen LogP contribution in [0, 0.1) is 11.8 Å². The lowest BCUT2D eigenvalue weighted by Gasteiger charge is -2.29. The van der Waals surface area contributed by atoms with Crippen molar-refractivity contribution in [2.45, 2.75) is 52.0 Å². The second kappa shape index (κ2) is 7.31. The standard InChI is InChI=1S/C15H23Cl2NS/c1-3-11-4-6-12(7-5-11)9-18-10(2)13-8-14(16)19-15(13)17/h8,10-12,18H,3-7,9H2,1-2H3. The zero-order valence-electron chi connectivity index (χ0n) is 11.7. The summed E-state index contributed by atoms with van der Waals surface area (Å²) in [6.45, 7) is 5.58. The Kier molecular flexibility index (Phi) is 6.01. The fourth-order valence-corrected chi connectivity index (χ4v) is 4.59. The minimum Gasteiger partial charge on any atom is -0.310 e. The lowest BCUT2D eigenvalue weighted by molar-refractivity contribution is 0.258. The summed E-state index contributed by atoms with van der Waals surface area (Å²) in [5.41, 5.74) is 1.14. The SMILES string of the molecule is CCC1CCC(CNC(C)c2cc(Cl)sc2Cl)CC1. The zero-order chi connectivity index (χ0) is 13.8. The van der Waals surface area contributed by atoms with Crippen molar-refractivity contribution >= 4 is 34.5 Å². The molecule has 1 fully saturated rings. The van der Waals surface area contributed by atoms with Gasteiger partial charge in [0.15, 0.2) is 0 Å². The molecule has 0 spiro atoms. The van der Waals surface area contributed by atoms with Gasteiger partial charge in [-0.2, -0.15) is 0 Å². The fourth-order valence-electron chi connectivity index (χ4n) is 2.95. The van der Waals surface area contributed by atoms with E-state index in [1.165, 1.54) is 43.4 Å². The lowest BCUT2D eigenvalue weighted by atomic mass is 9.81. The van der Waals surface area contributed by atoms with Gasteiger partial charge in [-0.25, -0.2) is 0 Å². The number of hydrogen-bond donors (Lipinski definition) is 1. The largest absolute Gasteiger partial charge is 0.310 e. The molecule has 1 aliphatic carbocycles. The number of thiophene rings is 1. The lowest BCUT2D eigenvalue weighted by Crippen LogP contribution is -2.28. The predicted octanol–water partition coefficient (Wildman–Crippen LogP) is 5.92. The molecule has 4 heteroatoms. The highest BCUT2D eigenvalue weighted by atomic mass is 35.5. The summed E-state index contributed by atoms with van der Waals surface area (Å²) in [5.74, 6) is 1.80. The summed E-state index contributed by atoms with van der Waals surface area (Å²) in [4.78, 5) is 0. The fraction of sp³-hybridized carbons (Fsp3) is 0.733. The monoisotopic (exact) mass is 319 g/mol. The van der Waals surface area contributed by atoms with Crippen LogP contribution in [0.4, 0.5) is 0 Å². The van der Waals surface area contributed by atoms with Gasteiger partial charge in [0.05, 0.1) is 8.67 Å². The summed E-state index contributed by atoms with van der Waals surface area (Å²) < 4.78 is 1.59. The van der Waals surface area contributed by atoms with Crippen LogP contribution >= 0.6 is 34.5 Å². The first-order valence-corrected chi connectivity index (χ1v) is 8.85. The summed E-state index contributed by atoms with van der Waals surface area (Å²) >= 11 is 13.6. The van der Waals surface area contributed by atoms with Gasteiger partial charge in [0.25, 0.3) is 0 Å². The molecule has 1 heterocycles. The number of nitrogens with one attached hydrogen (secondary N) is 1. The molecule has 1 aromatic rings. The Morgan fingerprint density at radius 1 is 1.26 bits per heavy atom. The molecular formula is C15H23Cl2NS. The van der Waals surface area contributed by atoms with Crippen LogP contribution in [0.3, 0.4) is 0 Å². The third kappa shape index (κ3) is 4.35. The van der Waals surface area contributed by atoms with Crippen molar-refractivity contribution < 1.29 is 0 Å². The second-order valence-corrected chi connectivity index (χ2v) is 7.99. The number of hydrogen-bond acceptors (Lipinski definition) is 2. The Labute approximate surface area is 130 Å². The molecule has 1 aromatic heterocycles. The molecular weight excluding hydrogens is 297 g/mol. The van der Waals surface area contributed by atoms with E-state index in [0.29, 0.717) is 6.04 Å². The first kappa shape index (κ1) is 15.6. The molecule has 19 heavy (non-hydrogen) atoms. The Balaban J connectivity index is 1.78. The van der Waals surface area contributed by atoms with E-state index in [1.807, 2.05) is 6.07 Å². The Bertz CT molecular complexity index is 397. The van der Waals surface area contributed by atoms with Crippen molar-refractivity contribution in [2.75, 3.05) is 6.54 Å². The van der Waals surface area contributed by atoms with E-state index in [9.17, 15) is 0 Å². The molecule has 0 bridgehead atoms. The van der Waals surface area contributed by atoms with Crippen molar-refractivity contribution in [2.24, 2.45) is 11.8 Å². The van der Waals surface area contributed by atoms with E-state index in [0.717, 1.165) is 32.6 Å². The van der Waals surface area contributed by atoms with Crippen molar-refractivity contribution in [3.05, 3.63) is 20.3 Å². The summed E-state index contributed by atoms with van der Waals surface area (Å²) in [6, 6.07) is 2.28. The first-order valence-electron chi connectivity index (χ1n) is 7.28. The molecule has 1 atom stereocenters. The molecule has 0 saturated heterocycles. The van der Waals surface area contributed by atoms with Crippen LogP contribution in [-0.2, 0) is 0 Å². The van der Waals surface area contributed by atoms with Gasteiger partial charge < -0.3 is 5.32 Å². The van der Waals surface area contributed by atoms with Crippen LogP contribution < -0.4 is 5.32 Å². The molecule has 1 N–H and O–H groups in total.